The molecule has 0 aromatic rings. The highest BCUT2D eigenvalue weighted by atomic mass is 28.5. The molecule has 35 heavy (non-hydrogen) atoms. The predicted molar refractivity (Wildman–Crippen MR) is 159 cm³/mol. The number of hydrogen-bond acceptors (Lipinski definition) is 7. The monoisotopic (exact) mass is 586 g/mol. The van der Waals surface area contributed by atoms with Crippen molar-refractivity contribution in [2.75, 3.05) is 19.8 Å². The summed E-state index contributed by atoms with van der Waals surface area (Å²) in [6.45, 7) is 24.6. The molecule has 0 aliphatic rings. The van der Waals surface area contributed by atoms with Crippen LogP contribution in [0.15, 0.2) is 0 Å². The van der Waals surface area contributed by atoms with E-state index in [0.717, 1.165) is 24.9 Å². The smallest absolute Gasteiger partial charge is 0.317 e. The fraction of sp³-hybridized carbons (Fsp3) is 1.00. The summed E-state index contributed by atoms with van der Waals surface area (Å²) in [6, 6.07) is 1.77. The third-order valence-corrected chi connectivity index (χ3v) is 23.4. The van der Waals surface area contributed by atoms with Gasteiger partial charge in [-0.05, 0) is 84.0 Å². The van der Waals surface area contributed by atoms with E-state index in [4.69, 9.17) is 26.3 Å². The van der Waals surface area contributed by atoms with Gasteiger partial charge in [0.25, 0.3) is 0 Å². The topological polar surface area (TPSA) is 86.6 Å². The van der Waals surface area contributed by atoms with Gasteiger partial charge in [-0.15, -0.1) is 0 Å². The lowest BCUT2D eigenvalue weighted by Crippen LogP contribution is -2.60. The zero-order chi connectivity index (χ0) is 27.4. The molecule has 7 nitrogen and oxygen atoms in total. The van der Waals surface area contributed by atoms with E-state index >= 15 is 0 Å². The molecular weight excluding hydrogens is 529 g/mol. The summed E-state index contributed by atoms with van der Waals surface area (Å²) >= 11 is 0. The summed E-state index contributed by atoms with van der Waals surface area (Å²) in [5.74, 6) is 0. The van der Waals surface area contributed by atoms with Crippen LogP contribution in [0.4, 0.5) is 0 Å². The molecule has 3 atom stereocenters. The molecule has 212 valence electrons. The van der Waals surface area contributed by atoms with E-state index in [1.54, 1.807) is 0 Å². The minimum absolute atomic E-state index is 0.145. The van der Waals surface area contributed by atoms with Crippen LogP contribution in [-0.4, -0.2) is 78.5 Å². The Balaban J connectivity index is 5.57. The molecule has 3 unspecified atom stereocenters. The molecular formula is C23H58O7Si5. The van der Waals surface area contributed by atoms with Gasteiger partial charge in [-0.3, -0.25) is 0 Å². The second kappa shape index (κ2) is 16.0. The quantitative estimate of drug-likeness (QED) is 0.121. The third-order valence-electron chi connectivity index (χ3n) is 5.14. The van der Waals surface area contributed by atoms with Crippen LogP contribution in [0.2, 0.25) is 77.6 Å². The number of aliphatic hydroxyl groups excluding tert-OH is 2. The molecule has 0 aromatic heterocycles. The molecule has 2 N–H and O–H groups in total. The molecule has 0 aliphatic heterocycles. The first-order valence-electron chi connectivity index (χ1n) is 13.5. The molecule has 0 heterocycles. The first-order chi connectivity index (χ1) is 15.8. The van der Waals surface area contributed by atoms with E-state index in [1.807, 2.05) is 0 Å². The van der Waals surface area contributed by atoms with Crippen LogP contribution < -0.4 is 0 Å². The second-order valence-corrected chi connectivity index (χ2v) is 32.5. The van der Waals surface area contributed by atoms with Crippen LogP contribution >= 0.6 is 0 Å². The van der Waals surface area contributed by atoms with E-state index in [-0.39, 0.29) is 13.2 Å². The van der Waals surface area contributed by atoms with E-state index in [0.29, 0.717) is 6.61 Å². The van der Waals surface area contributed by atoms with Crippen molar-refractivity contribution in [2.45, 2.75) is 129 Å². The van der Waals surface area contributed by atoms with Crippen LogP contribution in [0.1, 0.15) is 45.4 Å². The fourth-order valence-corrected chi connectivity index (χ4v) is 28.3. The van der Waals surface area contributed by atoms with Crippen molar-refractivity contribution in [1.29, 1.82) is 0 Å². The summed E-state index contributed by atoms with van der Waals surface area (Å²) in [5, 5.41) is 18.5. The highest BCUT2D eigenvalue weighted by Gasteiger charge is 2.48. The number of rotatable bonds is 21. The van der Waals surface area contributed by atoms with Gasteiger partial charge in [-0.25, -0.2) is 0 Å². The zero-order valence-electron chi connectivity index (χ0n) is 24.8. The summed E-state index contributed by atoms with van der Waals surface area (Å²) in [4.78, 5) is 0. The number of aliphatic hydroxyl groups is 2. The lowest BCUT2D eigenvalue weighted by atomic mass is 10.2. The Bertz CT molecular complexity index is 571. The molecule has 0 fully saturated rings. The van der Waals surface area contributed by atoms with Crippen LogP contribution in [-0.2, 0) is 21.2 Å². The van der Waals surface area contributed by atoms with Gasteiger partial charge in [0.2, 0.25) is 0 Å². The van der Waals surface area contributed by atoms with Crippen molar-refractivity contribution in [2.24, 2.45) is 0 Å². The second-order valence-electron chi connectivity index (χ2n) is 12.5. The van der Waals surface area contributed by atoms with Gasteiger partial charge in [-0.1, -0.05) is 39.0 Å². The predicted octanol–water partition coefficient (Wildman–Crippen LogP) is 6.30. The van der Waals surface area contributed by atoms with E-state index in [1.165, 1.54) is 25.7 Å². The van der Waals surface area contributed by atoms with Crippen LogP contribution in [0.25, 0.3) is 0 Å². The molecule has 0 spiro atoms. The largest absolute Gasteiger partial charge is 0.437 e. The van der Waals surface area contributed by atoms with Crippen LogP contribution in [0.3, 0.4) is 0 Å². The first-order valence-corrected chi connectivity index (χ1v) is 28.2. The van der Waals surface area contributed by atoms with E-state index in [2.05, 4.69) is 72.4 Å². The van der Waals surface area contributed by atoms with Gasteiger partial charge < -0.3 is 31.4 Å². The Morgan fingerprint density at radius 2 is 1.14 bits per heavy atom. The van der Waals surface area contributed by atoms with E-state index < -0.39 is 48.4 Å². The van der Waals surface area contributed by atoms with Crippen molar-refractivity contribution < 1.29 is 31.4 Å². The minimum Gasteiger partial charge on any atom is -0.437 e. The molecule has 0 bridgehead atoms. The van der Waals surface area contributed by atoms with Crippen molar-refractivity contribution in [3.63, 3.8) is 0 Å². The molecule has 0 amide bonds. The van der Waals surface area contributed by atoms with Crippen molar-refractivity contribution >= 4 is 42.3 Å². The standard InChI is InChI=1S/C23H58O7Si5/c1-12-13-14-15-16-19-35(11,29-33(8,9)27-31(2,3)4)30-34(10,28-32(5,6)7)20-17-18-26-22-23(25)21-24/h23-25H,12-22H2,1-11H3. The van der Waals surface area contributed by atoms with Gasteiger partial charge >= 0.3 is 25.7 Å². The van der Waals surface area contributed by atoms with Crippen LogP contribution in [0.5, 0.6) is 0 Å². The normalized spacial score (nSPS) is 17.7. The number of hydrogen-bond donors (Lipinski definition) is 2. The molecule has 0 saturated heterocycles. The number of ether oxygens (including phenoxy) is 1. The Kier molecular flexibility index (Phi) is 16.4. The Morgan fingerprint density at radius 1 is 0.629 bits per heavy atom. The lowest BCUT2D eigenvalue weighted by Gasteiger charge is -2.44. The summed E-state index contributed by atoms with van der Waals surface area (Å²) in [7, 11) is -11.1. The molecule has 0 saturated carbocycles. The number of unbranched alkanes of at least 4 members (excludes halogenated alkanes) is 4. The summed E-state index contributed by atoms with van der Waals surface area (Å²) in [6.07, 6.45) is 6.04. The maximum atomic E-state index is 9.52. The summed E-state index contributed by atoms with van der Waals surface area (Å²) < 4.78 is 32.9. The summed E-state index contributed by atoms with van der Waals surface area (Å²) in [5.41, 5.74) is 0. The lowest BCUT2D eigenvalue weighted by molar-refractivity contribution is 0.00623. The highest BCUT2D eigenvalue weighted by Crippen LogP contribution is 2.32. The van der Waals surface area contributed by atoms with Gasteiger partial charge in [0.1, 0.15) is 6.10 Å². The maximum Gasteiger partial charge on any atom is 0.317 e. The van der Waals surface area contributed by atoms with Crippen LogP contribution in [0, 0.1) is 0 Å². The average molecular weight is 587 g/mol. The molecule has 0 aromatic carbocycles. The van der Waals surface area contributed by atoms with Crippen molar-refractivity contribution in [1.82, 2.24) is 0 Å². The van der Waals surface area contributed by atoms with Gasteiger partial charge in [0.05, 0.1) is 13.2 Å². The Labute approximate surface area is 222 Å². The molecule has 12 heteroatoms. The van der Waals surface area contributed by atoms with Gasteiger partial charge in [-0.2, -0.15) is 0 Å². The third kappa shape index (κ3) is 19.5. The fourth-order valence-electron chi connectivity index (χ4n) is 4.45. The Morgan fingerprint density at radius 3 is 1.66 bits per heavy atom. The minimum atomic E-state index is -2.57. The molecule has 0 rings (SSSR count). The van der Waals surface area contributed by atoms with Gasteiger partial charge in [0.15, 0.2) is 16.6 Å². The SMILES string of the molecule is CCCCCCC[Si](C)(O[Si](C)(C)O[Si](C)(C)C)O[Si](C)(CCCOCC(O)CO)O[Si](C)(C)C. The maximum absolute atomic E-state index is 9.52. The van der Waals surface area contributed by atoms with E-state index in [9.17, 15) is 5.11 Å². The first kappa shape index (κ1) is 35.8. The van der Waals surface area contributed by atoms with Gasteiger partial charge in [0, 0.05) is 6.61 Å². The molecule has 0 radical (unpaired) electrons. The Hall–Kier alpha value is 0.804. The van der Waals surface area contributed by atoms with Crippen molar-refractivity contribution in [3.8, 4) is 0 Å². The average Bonchev–Trinajstić information content (AvgIpc) is 2.62. The zero-order valence-corrected chi connectivity index (χ0v) is 29.8. The molecule has 0 aliphatic carbocycles. The highest BCUT2D eigenvalue weighted by molar-refractivity contribution is 6.90. The van der Waals surface area contributed by atoms with Crippen molar-refractivity contribution in [3.05, 3.63) is 0 Å².